The molecule has 0 radical (unpaired) electrons. The normalized spacial score (nSPS) is 23.3. The van der Waals surface area contributed by atoms with Gasteiger partial charge in [0.1, 0.15) is 29.6 Å². The molecule has 2 aromatic carbocycles. The summed E-state index contributed by atoms with van der Waals surface area (Å²) in [7, 11) is 0. The fraction of sp³-hybridized carbons (Fsp3) is 0.433. The van der Waals surface area contributed by atoms with E-state index in [2.05, 4.69) is 10.3 Å². The zero-order valence-corrected chi connectivity index (χ0v) is 23.8. The molecule has 11 nitrogen and oxygen atoms in total. The number of carboxylic acids is 1. The summed E-state index contributed by atoms with van der Waals surface area (Å²) in [5.74, 6) is -2.05. The summed E-state index contributed by atoms with van der Waals surface area (Å²) in [6.07, 6.45) is -7.64. The van der Waals surface area contributed by atoms with E-state index in [1.54, 1.807) is 24.3 Å². The summed E-state index contributed by atoms with van der Waals surface area (Å²) >= 11 is 0. The van der Waals surface area contributed by atoms with Gasteiger partial charge in [0.2, 0.25) is 11.7 Å². The fourth-order valence-electron chi connectivity index (χ4n) is 4.79. The largest absolute Gasteiger partial charge is 0.479 e. The molecule has 0 bridgehead atoms. The molecule has 0 aliphatic carbocycles. The van der Waals surface area contributed by atoms with Crippen LogP contribution in [0.3, 0.4) is 0 Å². The lowest BCUT2D eigenvalue weighted by atomic mass is 9.79. The lowest BCUT2D eigenvalue weighted by Gasteiger charge is -2.39. The molecule has 0 unspecified atom stereocenters. The van der Waals surface area contributed by atoms with E-state index in [-0.39, 0.29) is 11.3 Å². The first-order valence-electron chi connectivity index (χ1n) is 13.2. The number of carbonyl (C=O) groups is 2. The molecule has 3 aromatic rings. The SMILES string of the molecule is CC(C)(C)c1cc(C(C)(C)C)c(O[C@@H]2O[C@H](C(=O)O)[C@@H](O)[C@H](O)[C@H]2O)cc1NC(=O)c1c[nH]c2ccccc2c1=O. The van der Waals surface area contributed by atoms with Crippen LogP contribution in [-0.2, 0) is 20.4 Å². The molecule has 11 heteroatoms. The number of fused-ring (bicyclic) bond motifs is 1. The molecule has 6 N–H and O–H groups in total. The van der Waals surface area contributed by atoms with Crippen LogP contribution in [0.15, 0.2) is 47.4 Å². The Morgan fingerprint density at radius 1 is 0.927 bits per heavy atom. The number of amides is 1. The highest BCUT2D eigenvalue weighted by molar-refractivity contribution is 6.06. The van der Waals surface area contributed by atoms with E-state index in [1.807, 2.05) is 47.6 Å². The second-order valence-corrected chi connectivity index (χ2v) is 12.3. The topological polar surface area (TPSA) is 178 Å². The first kappa shape index (κ1) is 30.2. The molecule has 41 heavy (non-hydrogen) atoms. The van der Waals surface area contributed by atoms with Gasteiger partial charge in [-0.05, 0) is 34.6 Å². The number of anilines is 1. The second kappa shape index (κ2) is 10.9. The monoisotopic (exact) mass is 568 g/mol. The van der Waals surface area contributed by atoms with Crippen molar-refractivity contribution in [2.45, 2.75) is 83.1 Å². The van der Waals surface area contributed by atoms with Gasteiger partial charge in [0, 0.05) is 34.4 Å². The summed E-state index contributed by atoms with van der Waals surface area (Å²) in [6, 6.07) is 10.2. The van der Waals surface area contributed by atoms with E-state index in [9.17, 15) is 34.8 Å². The van der Waals surface area contributed by atoms with Crippen molar-refractivity contribution in [1.29, 1.82) is 0 Å². The van der Waals surface area contributed by atoms with E-state index in [0.29, 0.717) is 22.2 Å². The number of aliphatic carboxylic acids is 1. The molecular formula is C30H36N2O9. The number of ether oxygens (including phenoxy) is 2. The molecule has 4 rings (SSSR count). The van der Waals surface area contributed by atoms with Crippen molar-refractivity contribution in [3.63, 3.8) is 0 Å². The van der Waals surface area contributed by atoms with Gasteiger partial charge < -0.3 is 40.2 Å². The highest BCUT2D eigenvalue weighted by Gasteiger charge is 2.48. The average Bonchev–Trinajstić information content (AvgIpc) is 2.87. The van der Waals surface area contributed by atoms with Crippen molar-refractivity contribution in [2.75, 3.05) is 5.32 Å². The third-order valence-electron chi connectivity index (χ3n) is 7.07. The number of aromatic nitrogens is 1. The van der Waals surface area contributed by atoms with Crippen LogP contribution in [0.1, 0.15) is 63.0 Å². The van der Waals surface area contributed by atoms with Crippen LogP contribution >= 0.6 is 0 Å². The standard InChI is InChI=1S/C30H36N2O9/c1-29(2,3)16-11-17(30(4,5)6)20(40-28-24(36)22(34)23(35)25(41-28)27(38)39)12-19(16)32-26(37)15-13-31-18-10-8-7-9-14(18)21(15)33/h7-13,22-25,28,34-36H,1-6H3,(H,31,33)(H,32,37)(H,38,39)/t22-,23-,24+,25-,28+/m0/s1. The summed E-state index contributed by atoms with van der Waals surface area (Å²) in [5.41, 5.74) is 0.730. The van der Waals surface area contributed by atoms with E-state index in [0.717, 1.165) is 5.56 Å². The Labute approximate surface area is 236 Å². The number of pyridine rings is 1. The molecule has 220 valence electrons. The number of nitrogens with one attached hydrogen (secondary N) is 2. The number of para-hydroxylation sites is 1. The molecule has 1 saturated heterocycles. The van der Waals surface area contributed by atoms with Gasteiger partial charge in [-0.2, -0.15) is 0 Å². The predicted molar refractivity (Wildman–Crippen MR) is 151 cm³/mol. The lowest BCUT2D eigenvalue weighted by Crippen LogP contribution is -2.61. The van der Waals surface area contributed by atoms with Crippen molar-refractivity contribution in [3.8, 4) is 5.75 Å². The van der Waals surface area contributed by atoms with Crippen LogP contribution in [0.2, 0.25) is 0 Å². The van der Waals surface area contributed by atoms with Crippen LogP contribution in [0.5, 0.6) is 5.75 Å². The Kier molecular flexibility index (Phi) is 8.03. The van der Waals surface area contributed by atoms with E-state index >= 15 is 0 Å². The molecule has 1 amide bonds. The summed E-state index contributed by atoms with van der Waals surface area (Å²) in [6.45, 7) is 11.6. The van der Waals surface area contributed by atoms with Gasteiger partial charge in [0.05, 0.1) is 0 Å². The van der Waals surface area contributed by atoms with Crippen molar-refractivity contribution in [1.82, 2.24) is 4.98 Å². The van der Waals surface area contributed by atoms with Gasteiger partial charge in [-0.1, -0.05) is 53.7 Å². The summed E-state index contributed by atoms with van der Waals surface area (Å²) in [5, 5.41) is 43.5. The maximum absolute atomic E-state index is 13.4. The zero-order valence-electron chi connectivity index (χ0n) is 23.8. The zero-order chi connectivity index (χ0) is 30.4. The minimum Gasteiger partial charge on any atom is -0.479 e. The number of hydrogen-bond donors (Lipinski definition) is 6. The van der Waals surface area contributed by atoms with Crippen LogP contribution in [-0.4, -0.2) is 68.0 Å². The minimum absolute atomic E-state index is 0.0987. The Balaban J connectivity index is 1.80. The van der Waals surface area contributed by atoms with Crippen LogP contribution in [0.4, 0.5) is 5.69 Å². The molecular weight excluding hydrogens is 532 g/mol. The molecule has 0 saturated carbocycles. The summed E-state index contributed by atoms with van der Waals surface area (Å²) in [4.78, 5) is 41.1. The number of rotatable bonds is 5. The smallest absolute Gasteiger partial charge is 0.335 e. The third-order valence-corrected chi connectivity index (χ3v) is 7.07. The number of aliphatic hydroxyl groups is 3. The van der Waals surface area contributed by atoms with Crippen molar-refractivity contribution < 1.29 is 39.5 Å². The van der Waals surface area contributed by atoms with Gasteiger partial charge in [0.25, 0.3) is 5.91 Å². The van der Waals surface area contributed by atoms with E-state index < -0.39 is 58.8 Å². The maximum Gasteiger partial charge on any atom is 0.335 e. The number of aliphatic hydroxyl groups excluding tert-OH is 3. The number of carboxylic acid groups (broad SMARTS) is 1. The third kappa shape index (κ3) is 5.98. The first-order valence-corrected chi connectivity index (χ1v) is 13.2. The molecule has 1 aliphatic heterocycles. The minimum atomic E-state index is -1.87. The summed E-state index contributed by atoms with van der Waals surface area (Å²) < 4.78 is 11.3. The van der Waals surface area contributed by atoms with Crippen LogP contribution in [0.25, 0.3) is 10.9 Å². The molecule has 1 aliphatic rings. The Morgan fingerprint density at radius 2 is 1.56 bits per heavy atom. The van der Waals surface area contributed by atoms with Gasteiger partial charge in [-0.25, -0.2) is 4.79 Å². The van der Waals surface area contributed by atoms with E-state index in [1.165, 1.54) is 12.3 Å². The number of aromatic amines is 1. The molecule has 1 aromatic heterocycles. The molecule has 2 heterocycles. The molecule has 5 atom stereocenters. The number of benzene rings is 2. The van der Waals surface area contributed by atoms with E-state index in [4.69, 9.17) is 9.47 Å². The molecule has 1 fully saturated rings. The quantitative estimate of drug-likeness (QED) is 0.270. The molecule has 0 spiro atoms. The Hall–Kier alpha value is -3.77. The highest BCUT2D eigenvalue weighted by Crippen LogP contribution is 2.41. The van der Waals surface area contributed by atoms with Gasteiger partial charge in [-0.15, -0.1) is 0 Å². The van der Waals surface area contributed by atoms with Crippen molar-refractivity contribution >= 4 is 28.5 Å². The van der Waals surface area contributed by atoms with Crippen LogP contribution in [0, 0.1) is 0 Å². The highest BCUT2D eigenvalue weighted by atomic mass is 16.7. The first-order chi connectivity index (χ1) is 19.0. The van der Waals surface area contributed by atoms with Crippen molar-refractivity contribution in [2.24, 2.45) is 0 Å². The van der Waals surface area contributed by atoms with Gasteiger partial charge in [-0.3, -0.25) is 9.59 Å². The van der Waals surface area contributed by atoms with Gasteiger partial charge >= 0.3 is 5.97 Å². The number of carbonyl (C=O) groups excluding carboxylic acids is 1. The Morgan fingerprint density at radius 3 is 2.17 bits per heavy atom. The fourth-order valence-corrected chi connectivity index (χ4v) is 4.79. The second-order valence-electron chi connectivity index (χ2n) is 12.3. The van der Waals surface area contributed by atoms with Crippen molar-refractivity contribution in [3.05, 3.63) is 69.5 Å². The number of H-pyrrole nitrogens is 1. The lowest BCUT2D eigenvalue weighted by molar-refractivity contribution is -0.271. The van der Waals surface area contributed by atoms with Gasteiger partial charge in [0.15, 0.2) is 6.10 Å². The maximum atomic E-state index is 13.4. The predicted octanol–water partition coefficient (Wildman–Crippen LogP) is 2.65. The Bertz CT molecular complexity index is 1530. The average molecular weight is 569 g/mol. The number of hydrogen-bond acceptors (Lipinski definition) is 8. The van der Waals surface area contributed by atoms with Crippen LogP contribution < -0.4 is 15.5 Å².